The summed E-state index contributed by atoms with van der Waals surface area (Å²) >= 11 is 0. The first-order valence-corrected chi connectivity index (χ1v) is 6.04. The van der Waals surface area contributed by atoms with Crippen LogP contribution < -0.4 is 11.1 Å². The number of amides is 1. The highest BCUT2D eigenvalue weighted by Gasteiger charge is 2.15. The number of nitrogens with two attached hydrogens (primary N) is 1. The molecule has 7 heteroatoms. The molecule has 1 aromatic heterocycles. The van der Waals surface area contributed by atoms with Gasteiger partial charge in [-0.25, -0.2) is 8.78 Å². The molecule has 0 fully saturated rings. The zero-order chi connectivity index (χ0) is 15.0. The van der Waals surface area contributed by atoms with Crippen LogP contribution in [0.15, 0.2) is 36.4 Å². The highest BCUT2D eigenvalue weighted by Crippen LogP contribution is 2.20. The predicted octanol–water partition coefficient (Wildman–Crippen LogP) is 2.68. The van der Waals surface area contributed by atoms with Crippen molar-refractivity contribution in [3.8, 4) is 0 Å². The molecule has 0 aliphatic rings. The van der Waals surface area contributed by atoms with Crippen molar-refractivity contribution >= 4 is 28.2 Å². The summed E-state index contributed by atoms with van der Waals surface area (Å²) in [6.45, 7) is 0. The molecule has 21 heavy (non-hydrogen) atoms. The van der Waals surface area contributed by atoms with Gasteiger partial charge >= 0.3 is 0 Å². The summed E-state index contributed by atoms with van der Waals surface area (Å²) in [6, 6.07) is 8.09. The minimum Gasteiger partial charge on any atom is -0.399 e. The summed E-state index contributed by atoms with van der Waals surface area (Å²) in [4.78, 5) is 12.1. The van der Waals surface area contributed by atoms with E-state index in [0.29, 0.717) is 16.6 Å². The number of aromatic nitrogens is 2. The van der Waals surface area contributed by atoms with E-state index in [1.54, 1.807) is 18.2 Å². The molecule has 1 amide bonds. The highest BCUT2D eigenvalue weighted by atomic mass is 19.2. The van der Waals surface area contributed by atoms with Gasteiger partial charge in [-0.1, -0.05) is 0 Å². The van der Waals surface area contributed by atoms with Gasteiger partial charge in [0.1, 0.15) is 0 Å². The van der Waals surface area contributed by atoms with Crippen LogP contribution in [0, 0.1) is 11.6 Å². The fourth-order valence-electron chi connectivity index (χ4n) is 1.97. The topological polar surface area (TPSA) is 83.8 Å². The lowest BCUT2D eigenvalue weighted by molar-refractivity contribution is 0.102. The molecule has 0 saturated heterocycles. The number of carbonyl (C=O) groups excluding carboxylic acids is 1. The number of halogens is 2. The number of nitrogens with zero attached hydrogens (tertiary/aromatic N) is 1. The van der Waals surface area contributed by atoms with E-state index in [1.807, 2.05) is 0 Å². The van der Waals surface area contributed by atoms with Gasteiger partial charge in [-0.2, -0.15) is 5.10 Å². The van der Waals surface area contributed by atoms with Gasteiger partial charge in [0.15, 0.2) is 17.3 Å². The molecule has 0 radical (unpaired) electrons. The Morgan fingerprint density at radius 2 is 1.95 bits per heavy atom. The average molecular weight is 288 g/mol. The lowest BCUT2D eigenvalue weighted by Gasteiger charge is -2.04. The molecule has 0 atom stereocenters. The number of aromatic amines is 1. The van der Waals surface area contributed by atoms with Crippen molar-refractivity contribution in [2.45, 2.75) is 0 Å². The van der Waals surface area contributed by atoms with Crippen LogP contribution in [0.1, 0.15) is 10.5 Å². The maximum atomic E-state index is 13.1. The lowest BCUT2D eigenvalue weighted by atomic mass is 10.2. The molecule has 5 nitrogen and oxygen atoms in total. The van der Waals surface area contributed by atoms with Crippen LogP contribution in [0.3, 0.4) is 0 Å². The van der Waals surface area contributed by atoms with E-state index in [4.69, 9.17) is 5.73 Å². The monoisotopic (exact) mass is 288 g/mol. The summed E-state index contributed by atoms with van der Waals surface area (Å²) in [6.07, 6.45) is 0. The van der Waals surface area contributed by atoms with Crippen molar-refractivity contribution in [2.24, 2.45) is 0 Å². The molecular formula is C14H10F2N4O. The second-order valence-corrected chi connectivity index (χ2v) is 4.46. The van der Waals surface area contributed by atoms with Gasteiger partial charge in [0, 0.05) is 22.8 Å². The maximum Gasteiger partial charge on any atom is 0.276 e. The van der Waals surface area contributed by atoms with Crippen molar-refractivity contribution in [1.29, 1.82) is 0 Å². The van der Waals surface area contributed by atoms with E-state index < -0.39 is 17.5 Å². The molecule has 3 rings (SSSR count). The number of carbonyl (C=O) groups is 1. The Morgan fingerprint density at radius 1 is 1.14 bits per heavy atom. The molecule has 0 aliphatic heterocycles. The largest absolute Gasteiger partial charge is 0.399 e. The van der Waals surface area contributed by atoms with Crippen LogP contribution in [0.25, 0.3) is 10.9 Å². The molecule has 106 valence electrons. The lowest BCUT2D eigenvalue weighted by Crippen LogP contribution is -2.13. The molecule has 0 unspecified atom stereocenters. The quantitative estimate of drug-likeness (QED) is 0.634. The number of nitrogen functional groups attached to an aromatic ring is 1. The van der Waals surface area contributed by atoms with Gasteiger partial charge in [0.05, 0.1) is 5.52 Å². The normalized spacial score (nSPS) is 10.8. The molecular weight excluding hydrogens is 278 g/mol. The molecule has 4 N–H and O–H groups in total. The number of hydrogen-bond acceptors (Lipinski definition) is 3. The third-order valence-electron chi connectivity index (χ3n) is 2.98. The van der Waals surface area contributed by atoms with E-state index in [0.717, 1.165) is 12.1 Å². The number of anilines is 2. The highest BCUT2D eigenvalue weighted by molar-refractivity contribution is 6.11. The minimum atomic E-state index is -1.04. The fraction of sp³-hybridized carbons (Fsp3) is 0. The summed E-state index contributed by atoms with van der Waals surface area (Å²) in [7, 11) is 0. The molecule has 3 aromatic rings. The summed E-state index contributed by atoms with van der Waals surface area (Å²) in [5, 5.41) is 9.62. The van der Waals surface area contributed by atoms with Gasteiger partial charge in [-0.3, -0.25) is 9.89 Å². The second-order valence-electron chi connectivity index (χ2n) is 4.46. The molecule has 0 bridgehead atoms. The summed E-state index contributed by atoms with van der Waals surface area (Å²) in [5.41, 5.74) is 7.09. The van der Waals surface area contributed by atoms with E-state index in [9.17, 15) is 13.6 Å². The standard InChI is InChI=1S/C14H10F2N4O/c15-10-3-2-8(6-11(10)16)18-14(21)13-9-5-7(17)1-4-12(9)19-20-13/h1-6H,17H2,(H,18,21)(H,19,20). The Bertz CT molecular complexity index is 844. The van der Waals surface area contributed by atoms with Crippen LogP contribution in [-0.4, -0.2) is 16.1 Å². The van der Waals surface area contributed by atoms with E-state index >= 15 is 0 Å². The zero-order valence-corrected chi connectivity index (χ0v) is 10.7. The predicted molar refractivity (Wildman–Crippen MR) is 74.8 cm³/mol. The van der Waals surface area contributed by atoms with E-state index in [2.05, 4.69) is 15.5 Å². The Balaban J connectivity index is 1.93. The molecule has 0 spiro atoms. The van der Waals surface area contributed by atoms with Crippen molar-refractivity contribution in [3.63, 3.8) is 0 Å². The minimum absolute atomic E-state index is 0.127. The molecule has 1 heterocycles. The molecule has 2 aromatic carbocycles. The van der Waals surface area contributed by atoms with Crippen LogP contribution in [-0.2, 0) is 0 Å². The SMILES string of the molecule is Nc1ccc2[nH]nc(C(=O)Nc3ccc(F)c(F)c3)c2c1. The first kappa shape index (κ1) is 13.0. The number of fused-ring (bicyclic) bond motifs is 1. The van der Waals surface area contributed by atoms with Crippen LogP contribution in [0.5, 0.6) is 0 Å². The Kier molecular flexibility index (Phi) is 3.02. The zero-order valence-electron chi connectivity index (χ0n) is 10.7. The number of benzene rings is 2. The third kappa shape index (κ3) is 2.40. The number of rotatable bonds is 2. The second kappa shape index (κ2) is 4.86. The Hall–Kier alpha value is -2.96. The van der Waals surface area contributed by atoms with Crippen LogP contribution in [0.2, 0.25) is 0 Å². The van der Waals surface area contributed by atoms with Gasteiger partial charge in [-0.15, -0.1) is 0 Å². The Labute approximate surface area is 117 Å². The van der Waals surface area contributed by atoms with Gasteiger partial charge < -0.3 is 11.1 Å². The van der Waals surface area contributed by atoms with Crippen LogP contribution in [0.4, 0.5) is 20.2 Å². The fourth-order valence-corrected chi connectivity index (χ4v) is 1.97. The maximum absolute atomic E-state index is 13.1. The van der Waals surface area contributed by atoms with Crippen molar-refractivity contribution in [2.75, 3.05) is 11.1 Å². The van der Waals surface area contributed by atoms with Crippen LogP contribution >= 0.6 is 0 Å². The number of hydrogen-bond donors (Lipinski definition) is 3. The Morgan fingerprint density at radius 3 is 2.71 bits per heavy atom. The molecule has 0 saturated carbocycles. The van der Waals surface area contributed by atoms with Gasteiger partial charge in [0.2, 0.25) is 0 Å². The number of nitrogens with one attached hydrogen (secondary N) is 2. The van der Waals surface area contributed by atoms with Gasteiger partial charge in [-0.05, 0) is 30.3 Å². The van der Waals surface area contributed by atoms with Gasteiger partial charge in [0.25, 0.3) is 5.91 Å². The van der Waals surface area contributed by atoms with Crippen molar-refractivity contribution in [3.05, 3.63) is 53.7 Å². The molecule has 0 aliphatic carbocycles. The smallest absolute Gasteiger partial charge is 0.276 e. The first-order valence-electron chi connectivity index (χ1n) is 6.04. The third-order valence-corrected chi connectivity index (χ3v) is 2.98. The van der Waals surface area contributed by atoms with Crippen molar-refractivity contribution < 1.29 is 13.6 Å². The average Bonchev–Trinajstić information content (AvgIpc) is 2.86. The summed E-state index contributed by atoms with van der Waals surface area (Å²) in [5.74, 6) is -2.56. The van der Waals surface area contributed by atoms with Crippen molar-refractivity contribution in [1.82, 2.24) is 10.2 Å². The van der Waals surface area contributed by atoms with E-state index in [1.165, 1.54) is 6.07 Å². The summed E-state index contributed by atoms with van der Waals surface area (Å²) < 4.78 is 26.0. The van der Waals surface area contributed by atoms with E-state index in [-0.39, 0.29) is 11.4 Å². The first-order chi connectivity index (χ1) is 10.0. The number of H-pyrrole nitrogens is 1.